The molecule has 0 aromatic carbocycles. The molecule has 1 saturated carbocycles. The highest BCUT2D eigenvalue weighted by Crippen LogP contribution is 2.23. The van der Waals surface area contributed by atoms with Crippen molar-refractivity contribution in [3.05, 3.63) is 5.89 Å². The first-order valence-corrected chi connectivity index (χ1v) is 6.15. The summed E-state index contributed by atoms with van der Waals surface area (Å²) in [4.78, 5) is 0. The second-order valence-corrected chi connectivity index (χ2v) is 4.42. The van der Waals surface area contributed by atoms with Crippen LogP contribution in [0, 0.1) is 5.92 Å². The zero-order valence-corrected chi connectivity index (χ0v) is 9.61. The first-order valence-electron chi connectivity index (χ1n) is 6.15. The van der Waals surface area contributed by atoms with Crippen molar-refractivity contribution in [1.82, 2.24) is 10.2 Å². The van der Waals surface area contributed by atoms with Crippen LogP contribution in [0.1, 0.15) is 38.0 Å². The van der Waals surface area contributed by atoms with Gasteiger partial charge in [-0.05, 0) is 18.8 Å². The van der Waals surface area contributed by atoms with E-state index in [0.29, 0.717) is 24.9 Å². The lowest BCUT2D eigenvalue weighted by Gasteiger charge is -2.20. The third-order valence-electron chi connectivity index (χ3n) is 3.09. The van der Waals surface area contributed by atoms with E-state index >= 15 is 0 Å². The van der Waals surface area contributed by atoms with Gasteiger partial charge in [-0.1, -0.05) is 24.4 Å². The molecule has 1 aromatic heterocycles. The molecule has 1 aliphatic carbocycles. The van der Waals surface area contributed by atoms with Crippen LogP contribution in [0.3, 0.4) is 0 Å². The van der Waals surface area contributed by atoms with Gasteiger partial charge < -0.3 is 15.5 Å². The van der Waals surface area contributed by atoms with Crippen molar-refractivity contribution in [3.8, 4) is 0 Å². The Morgan fingerprint density at radius 2 is 2.06 bits per heavy atom. The molecule has 5 heteroatoms. The zero-order chi connectivity index (χ0) is 11.2. The van der Waals surface area contributed by atoms with E-state index in [2.05, 4.69) is 15.5 Å². The molecule has 0 bridgehead atoms. The topological polar surface area (TPSA) is 77.0 Å². The molecule has 90 valence electrons. The van der Waals surface area contributed by atoms with Crippen LogP contribution >= 0.6 is 0 Å². The molecule has 3 N–H and O–H groups in total. The minimum absolute atomic E-state index is 0.536. The zero-order valence-electron chi connectivity index (χ0n) is 9.61. The summed E-state index contributed by atoms with van der Waals surface area (Å²) < 4.78 is 5.40. The van der Waals surface area contributed by atoms with Gasteiger partial charge in [-0.15, -0.1) is 5.10 Å². The predicted octanol–water partition coefficient (Wildman–Crippen LogP) is 1.56. The number of hydrogen-bond donors (Lipinski definition) is 2. The normalized spacial score (nSPS) is 17.6. The minimum Gasteiger partial charge on any atom is -0.408 e. The molecule has 0 atom stereocenters. The maximum Gasteiger partial charge on any atom is 0.315 e. The summed E-state index contributed by atoms with van der Waals surface area (Å²) in [5.41, 5.74) is 5.41. The van der Waals surface area contributed by atoms with Crippen LogP contribution in [0.2, 0.25) is 0 Å². The Morgan fingerprint density at radius 1 is 1.25 bits per heavy atom. The maximum absolute atomic E-state index is 5.41. The highest BCUT2D eigenvalue weighted by atomic mass is 16.4. The van der Waals surface area contributed by atoms with Crippen LogP contribution in [0.25, 0.3) is 0 Å². The van der Waals surface area contributed by atoms with Gasteiger partial charge in [-0.2, -0.15) is 0 Å². The Kier molecular flexibility index (Phi) is 4.16. The van der Waals surface area contributed by atoms with Gasteiger partial charge >= 0.3 is 6.01 Å². The fourth-order valence-electron chi connectivity index (χ4n) is 2.17. The number of anilines is 1. The summed E-state index contributed by atoms with van der Waals surface area (Å²) in [6.07, 6.45) is 7.38. The van der Waals surface area contributed by atoms with Crippen molar-refractivity contribution in [2.24, 2.45) is 11.7 Å². The number of nitrogens with two attached hydrogens (primary N) is 1. The molecular weight excluding hydrogens is 204 g/mol. The molecule has 1 heterocycles. The molecule has 0 unspecified atom stereocenters. The van der Waals surface area contributed by atoms with Gasteiger partial charge in [0.1, 0.15) is 0 Å². The smallest absolute Gasteiger partial charge is 0.315 e. The fourth-order valence-corrected chi connectivity index (χ4v) is 2.17. The summed E-state index contributed by atoms with van der Waals surface area (Å²) in [5, 5.41) is 11.1. The number of hydrogen-bond acceptors (Lipinski definition) is 5. The molecule has 0 spiro atoms. The van der Waals surface area contributed by atoms with Crippen molar-refractivity contribution in [2.75, 3.05) is 18.4 Å². The molecule has 16 heavy (non-hydrogen) atoms. The van der Waals surface area contributed by atoms with E-state index in [-0.39, 0.29) is 0 Å². The summed E-state index contributed by atoms with van der Waals surface area (Å²) in [7, 11) is 0. The van der Waals surface area contributed by atoms with E-state index in [1.54, 1.807) is 0 Å². The average Bonchev–Trinajstić information content (AvgIpc) is 2.76. The first kappa shape index (κ1) is 11.4. The lowest BCUT2D eigenvalue weighted by atomic mass is 9.89. The molecule has 1 aromatic rings. The average molecular weight is 224 g/mol. The first-order chi connectivity index (χ1) is 7.88. The largest absolute Gasteiger partial charge is 0.408 e. The van der Waals surface area contributed by atoms with Crippen LogP contribution < -0.4 is 11.1 Å². The Balaban J connectivity index is 1.75. The molecule has 1 fully saturated rings. The van der Waals surface area contributed by atoms with Gasteiger partial charge in [0.25, 0.3) is 0 Å². The standard InChI is InChI=1S/C11H20N4O/c12-7-6-10-14-15-11(16-10)13-8-9-4-2-1-3-5-9/h9H,1-8,12H2,(H,13,15). The summed E-state index contributed by atoms with van der Waals surface area (Å²) in [6.45, 7) is 1.49. The van der Waals surface area contributed by atoms with Gasteiger partial charge in [-0.3, -0.25) is 0 Å². The summed E-state index contributed by atoms with van der Waals surface area (Å²) in [5.74, 6) is 1.38. The fraction of sp³-hybridized carbons (Fsp3) is 0.818. The molecule has 0 amide bonds. The SMILES string of the molecule is NCCc1nnc(NCC2CCCCC2)o1. The monoisotopic (exact) mass is 224 g/mol. The highest BCUT2D eigenvalue weighted by Gasteiger charge is 2.14. The number of aromatic nitrogens is 2. The number of rotatable bonds is 5. The molecule has 1 aliphatic rings. The second kappa shape index (κ2) is 5.84. The van der Waals surface area contributed by atoms with Gasteiger partial charge in [-0.25, -0.2) is 0 Å². The van der Waals surface area contributed by atoms with Crippen LogP contribution in [0.15, 0.2) is 4.42 Å². The Labute approximate surface area is 95.8 Å². The molecule has 0 saturated heterocycles. The van der Waals surface area contributed by atoms with Crippen LogP contribution in [-0.4, -0.2) is 23.3 Å². The summed E-state index contributed by atoms with van der Waals surface area (Å²) >= 11 is 0. The lowest BCUT2D eigenvalue weighted by molar-refractivity contribution is 0.370. The quantitative estimate of drug-likeness (QED) is 0.793. The van der Waals surface area contributed by atoms with E-state index in [4.69, 9.17) is 10.2 Å². The lowest BCUT2D eigenvalue weighted by Crippen LogP contribution is -2.17. The van der Waals surface area contributed by atoms with E-state index in [1.807, 2.05) is 0 Å². The van der Waals surface area contributed by atoms with E-state index in [9.17, 15) is 0 Å². The molecular formula is C11H20N4O. The van der Waals surface area contributed by atoms with Crippen molar-refractivity contribution >= 4 is 6.01 Å². The maximum atomic E-state index is 5.41. The third-order valence-corrected chi connectivity index (χ3v) is 3.09. The van der Waals surface area contributed by atoms with Gasteiger partial charge in [0.2, 0.25) is 5.89 Å². The number of nitrogens with one attached hydrogen (secondary N) is 1. The predicted molar refractivity (Wildman–Crippen MR) is 62.1 cm³/mol. The molecule has 0 radical (unpaired) electrons. The molecule has 5 nitrogen and oxygen atoms in total. The van der Waals surface area contributed by atoms with Gasteiger partial charge in [0.05, 0.1) is 0 Å². The van der Waals surface area contributed by atoms with Crippen LogP contribution in [-0.2, 0) is 6.42 Å². The van der Waals surface area contributed by atoms with Gasteiger partial charge in [0, 0.05) is 19.5 Å². The van der Waals surface area contributed by atoms with Crippen molar-refractivity contribution in [1.29, 1.82) is 0 Å². The number of nitrogens with zero attached hydrogens (tertiary/aromatic N) is 2. The van der Waals surface area contributed by atoms with Gasteiger partial charge in [0.15, 0.2) is 0 Å². The highest BCUT2D eigenvalue weighted by molar-refractivity contribution is 5.16. The molecule has 0 aliphatic heterocycles. The van der Waals surface area contributed by atoms with E-state index < -0.39 is 0 Å². The van der Waals surface area contributed by atoms with Crippen molar-refractivity contribution in [2.45, 2.75) is 38.5 Å². The Bertz CT molecular complexity index is 307. The van der Waals surface area contributed by atoms with Crippen molar-refractivity contribution in [3.63, 3.8) is 0 Å². The van der Waals surface area contributed by atoms with Crippen molar-refractivity contribution < 1.29 is 4.42 Å². The Hall–Kier alpha value is -1.10. The second-order valence-electron chi connectivity index (χ2n) is 4.42. The Morgan fingerprint density at radius 3 is 2.81 bits per heavy atom. The van der Waals surface area contributed by atoms with E-state index in [1.165, 1.54) is 32.1 Å². The molecule has 2 rings (SSSR count). The minimum atomic E-state index is 0.536. The van der Waals surface area contributed by atoms with Crippen LogP contribution in [0.5, 0.6) is 0 Å². The summed E-state index contributed by atoms with van der Waals surface area (Å²) in [6, 6.07) is 0.536. The van der Waals surface area contributed by atoms with E-state index in [0.717, 1.165) is 12.5 Å². The van der Waals surface area contributed by atoms with Crippen LogP contribution in [0.4, 0.5) is 6.01 Å². The third kappa shape index (κ3) is 3.20.